The van der Waals surface area contributed by atoms with Crippen LogP contribution in [0.1, 0.15) is 70.3 Å². The third-order valence-electron chi connectivity index (χ3n) is 5.09. The van der Waals surface area contributed by atoms with E-state index in [4.69, 9.17) is 0 Å². The molecule has 0 heterocycles. The van der Waals surface area contributed by atoms with E-state index in [1.807, 2.05) is 0 Å². The summed E-state index contributed by atoms with van der Waals surface area (Å²) in [7, 11) is 0. The first kappa shape index (κ1) is 20.5. The summed E-state index contributed by atoms with van der Waals surface area (Å²) in [5, 5.41) is 4.70. The van der Waals surface area contributed by atoms with E-state index in [9.17, 15) is 4.10 Å². The second-order valence-electron chi connectivity index (χ2n) is 7.26. The summed E-state index contributed by atoms with van der Waals surface area (Å²) in [6.07, 6.45) is 12.8. The van der Waals surface area contributed by atoms with E-state index in [1.165, 1.54) is 67.7 Å². The SMILES string of the molecule is CCCCCCCCCC[AsH+]([O-])CCCc1cccc2ccccc12. The van der Waals surface area contributed by atoms with Gasteiger partial charge in [-0.3, -0.25) is 0 Å². The standard InChI is InChI=1S/C23H35AsO/c1-2-3-4-5-6-7-8-11-19-24(25)20-13-17-22-16-12-15-21-14-9-10-18-23(21)22/h9-10,12,14-16,18,24H,2-8,11,13,17,19-20H2,1H3. The molecule has 0 bridgehead atoms. The Morgan fingerprint density at radius 1 is 0.720 bits per heavy atom. The number of fused-ring (bicyclic) bond motifs is 1. The van der Waals surface area contributed by atoms with Crippen molar-refractivity contribution in [3.63, 3.8) is 0 Å². The van der Waals surface area contributed by atoms with E-state index < -0.39 is 15.0 Å². The molecule has 1 unspecified atom stereocenters. The molecule has 0 radical (unpaired) electrons. The average molecular weight is 402 g/mol. The molecule has 0 saturated heterocycles. The zero-order chi connectivity index (χ0) is 17.7. The van der Waals surface area contributed by atoms with Crippen molar-refractivity contribution in [3.8, 4) is 0 Å². The fourth-order valence-corrected chi connectivity index (χ4v) is 6.64. The van der Waals surface area contributed by atoms with E-state index in [0.717, 1.165) is 23.3 Å². The molecule has 0 saturated carbocycles. The number of hydrogen-bond donors (Lipinski definition) is 0. The molecule has 0 aliphatic heterocycles. The van der Waals surface area contributed by atoms with Crippen LogP contribution in [-0.4, -0.2) is 15.0 Å². The Kier molecular flexibility index (Phi) is 10.3. The van der Waals surface area contributed by atoms with Gasteiger partial charge < -0.3 is 0 Å². The summed E-state index contributed by atoms with van der Waals surface area (Å²) in [6.45, 7) is 2.26. The van der Waals surface area contributed by atoms with E-state index in [0.29, 0.717) is 0 Å². The number of unbranched alkanes of at least 4 members (excludes halogenated alkanes) is 7. The summed E-state index contributed by atoms with van der Waals surface area (Å²) >= 11 is -2.00. The number of benzene rings is 2. The van der Waals surface area contributed by atoms with Crippen molar-refractivity contribution in [2.45, 2.75) is 81.5 Å². The molecule has 0 aliphatic rings. The average Bonchev–Trinajstić information content (AvgIpc) is 2.64. The van der Waals surface area contributed by atoms with Crippen molar-refractivity contribution < 1.29 is 4.10 Å². The fourth-order valence-electron chi connectivity index (χ4n) is 3.57. The molecule has 0 aromatic heterocycles. The molecule has 0 amide bonds. The minimum atomic E-state index is -2.00. The number of rotatable bonds is 13. The maximum atomic E-state index is 12.3. The quantitative estimate of drug-likeness (QED) is 0.298. The minimum absolute atomic E-state index is 0.986. The van der Waals surface area contributed by atoms with Crippen LogP contribution >= 0.6 is 0 Å². The van der Waals surface area contributed by atoms with E-state index in [2.05, 4.69) is 49.4 Å². The maximum absolute atomic E-state index is 12.3. The topological polar surface area (TPSA) is 23.1 Å². The van der Waals surface area contributed by atoms with Gasteiger partial charge >= 0.3 is 159 Å². The van der Waals surface area contributed by atoms with Crippen LogP contribution in [0.15, 0.2) is 42.5 Å². The van der Waals surface area contributed by atoms with Gasteiger partial charge in [-0.1, -0.05) is 0 Å². The van der Waals surface area contributed by atoms with Crippen LogP contribution < -0.4 is 4.10 Å². The molecule has 0 N–H and O–H groups in total. The zero-order valence-electron chi connectivity index (χ0n) is 15.9. The molecule has 2 aromatic rings. The second-order valence-corrected chi connectivity index (χ2v) is 11.6. The first-order valence-electron chi connectivity index (χ1n) is 10.3. The van der Waals surface area contributed by atoms with Gasteiger partial charge in [-0.2, -0.15) is 0 Å². The first-order chi connectivity index (χ1) is 12.3. The molecule has 0 spiro atoms. The van der Waals surface area contributed by atoms with Crippen molar-refractivity contribution in [3.05, 3.63) is 48.0 Å². The Morgan fingerprint density at radius 3 is 2.16 bits per heavy atom. The van der Waals surface area contributed by atoms with Gasteiger partial charge in [-0.15, -0.1) is 0 Å². The third-order valence-corrected chi connectivity index (χ3v) is 8.91. The van der Waals surface area contributed by atoms with Crippen LogP contribution in [-0.2, 0) is 6.42 Å². The number of hydrogen-bond acceptors (Lipinski definition) is 1. The molecule has 25 heavy (non-hydrogen) atoms. The van der Waals surface area contributed by atoms with Gasteiger partial charge in [0.1, 0.15) is 0 Å². The van der Waals surface area contributed by atoms with Crippen LogP contribution in [0.25, 0.3) is 10.8 Å². The molecular weight excluding hydrogens is 367 g/mol. The van der Waals surface area contributed by atoms with Crippen LogP contribution in [0.4, 0.5) is 0 Å². The first-order valence-corrected chi connectivity index (χ1v) is 14.1. The van der Waals surface area contributed by atoms with Crippen molar-refractivity contribution >= 4 is 25.8 Å². The van der Waals surface area contributed by atoms with Crippen molar-refractivity contribution in [1.29, 1.82) is 0 Å². The van der Waals surface area contributed by atoms with Gasteiger partial charge in [-0.05, 0) is 0 Å². The number of aryl methyl sites for hydroxylation is 1. The van der Waals surface area contributed by atoms with Gasteiger partial charge in [0, 0.05) is 0 Å². The van der Waals surface area contributed by atoms with Gasteiger partial charge in [-0.25, -0.2) is 0 Å². The van der Waals surface area contributed by atoms with E-state index in [1.54, 1.807) is 0 Å². The molecule has 1 nitrogen and oxygen atoms in total. The van der Waals surface area contributed by atoms with Crippen LogP contribution in [0, 0.1) is 0 Å². The Balaban J connectivity index is 1.57. The third kappa shape index (κ3) is 7.97. The normalized spacial score (nSPS) is 12.6. The molecule has 1 atom stereocenters. The Labute approximate surface area is 159 Å². The predicted octanol–water partition coefficient (Wildman–Crippen LogP) is 6.00. The van der Waals surface area contributed by atoms with Gasteiger partial charge in [0.2, 0.25) is 0 Å². The molecule has 2 heteroatoms. The monoisotopic (exact) mass is 402 g/mol. The fraction of sp³-hybridized carbons (Fsp3) is 0.565. The van der Waals surface area contributed by atoms with Crippen LogP contribution in [0.3, 0.4) is 0 Å². The molecule has 0 aliphatic carbocycles. The van der Waals surface area contributed by atoms with Crippen molar-refractivity contribution in [1.82, 2.24) is 0 Å². The molecule has 2 aromatic carbocycles. The Hall–Kier alpha value is -0.782. The molecule has 0 fully saturated rings. The summed E-state index contributed by atoms with van der Waals surface area (Å²) in [5.41, 5.74) is 1.41. The van der Waals surface area contributed by atoms with E-state index >= 15 is 0 Å². The molecule has 2 rings (SSSR count). The van der Waals surface area contributed by atoms with Crippen molar-refractivity contribution in [2.75, 3.05) is 0 Å². The second kappa shape index (κ2) is 12.6. The summed E-state index contributed by atoms with van der Waals surface area (Å²) in [4.78, 5) is 0. The van der Waals surface area contributed by atoms with Crippen LogP contribution in [0.2, 0.25) is 10.4 Å². The van der Waals surface area contributed by atoms with E-state index in [-0.39, 0.29) is 0 Å². The Bertz CT molecular complexity index is 590. The summed E-state index contributed by atoms with van der Waals surface area (Å²) in [6, 6.07) is 15.1. The Morgan fingerprint density at radius 2 is 1.36 bits per heavy atom. The zero-order valence-corrected chi connectivity index (χ0v) is 18.0. The summed E-state index contributed by atoms with van der Waals surface area (Å²) in [5.74, 6) is 0. The van der Waals surface area contributed by atoms with Gasteiger partial charge in [0.15, 0.2) is 0 Å². The van der Waals surface area contributed by atoms with Crippen LogP contribution in [0.5, 0.6) is 0 Å². The summed E-state index contributed by atoms with van der Waals surface area (Å²) < 4.78 is 12.3. The van der Waals surface area contributed by atoms with Crippen molar-refractivity contribution in [2.24, 2.45) is 0 Å². The molecular formula is C23H35AsO. The molecule has 138 valence electrons. The predicted molar refractivity (Wildman–Crippen MR) is 112 cm³/mol. The van der Waals surface area contributed by atoms with Gasteiger partial charge in [0.05, 0.1) is 0 Å². The van der Waals surface area contributed by atoms with Gasteiger partial charge in [0.25, 0.3) is 0 Å².